The SMILES string of the molecule is CC(C)(C)OC(=O)NCCOc1ccccc1NC(=O)c1ccc2c(n1)N(C(=O)Nc1ccccc1)CCO2. The summed E-state index contributed by atoms with van der Waals surface area (Å²) in [6.45, 7) is 6.29. The van der Waals surface area contributed by atoms with E-state index in [2.05, 4.69) is 20.9 Å². The summed E-state index contributed by atoms with van der Waals surface area (Å²) < 4.78 is 16.6. The standard InChI is InChI=1S/C28H31N5O6/c1-28(2,3)39-27(36)29-15-17-37-22-12-8-7-11-20(22)32-25(34)21-13-14-23-24(31-21)33(16-18-38-23)26(35)30-19-9-5-4-6-10-19/h4-14H,15-18H2,1-3H3,(H,29,36)(H,30,35)(H,32,34). The minimum Gasteiger partial charge on any atom is -0.490 e. The highest BCUT2D eigenvalue weighted by Crippen LogP contribution is 2.31. The maximum absolute atomic E-state index is 13.1. The molecule has 3 N–H and O–H groups in total. The quantitative estimate of drug-likeness (QED) is 0.376. The second-order valence-electron chi connectivity index (χ2n) is 9.54. The molecule has 1 aliphatic rings. The second-order valence-corrected chi connectivity index (χ2v) is 9.54. The van der Waals surface area contributed by atoms with Gasteiger partial charge in [-0.15, -0.1) is 0 Å². The van der Waals surface area contributed by atoms with Gasteiger partial charge in [-0.3, -0.25) is 9.69 Å². The van der Waals surface area contributed by atoms with Crippen molar-refractivity contribution in [3.63, 3.8) is 0 Å². The number of anilines is 3. The van der Waals surface area contributed by atoms with Crippen molar-refractivity contribution in [1.82, 2.24) is 10.3 Å². The molecule has 11 nitrogen and oxygen atoms in total. The summed E-state index contributed by atoms with van der Waals surface area (Å²) in [6.07, 6.45) is -0.540. The highest BCUT2D eigenvalue weighted by molar-refractivity contribution is 6.05. The van der Waals surface area contributed by atoms with Crippen LogP contribution in [0.25, 0.3) is 0 Å². The van der Waals surface area contributed by atoms with E-state index in [1.165, 1.54) is 11.0 Å². The number of pyridine rings is 1. The lowest BCUT2D eigenvalue weighted by atomic mass is 10.2. The van der Waals surface area contributed by atoms with Crippen LogP contribution in [0.4, 0.5) is 26.8 Å². The maximum Gasteiger partial charge on any atom is 0.407 e. The number of nitrogens with zero attached hydrogens (tertiary/aromatic N) is 2. The first-order valence-electron chi connectivity index (χ1n) is 12.5. The Bertz CT molecular complexity index is 1330. The number of hydrogen-bond acceptors (Lipinski definition) is 7. The van der Waals surface area contributed by atoms with Gasteiger partial charge in [0.15, 0.2) is 11.6 Å². The Morgan fingerprint density at radius 1 is 0.974 bits per heavy atom. The van der Waals surface area contributed by atoms with E-state index < -0.39 is 17.6 Å². The number of hydrogen-bond donors (Lipinski definition) is 3. The summed E-state index contributed by atoms with van der Waals surface area (Å²) in [5, 5.41) is 8.25. The van der Waals surface area contributed by atoms with Crippen LogP contribution >= 0.6 is 0 Å². The van der Waals surface area contributed by atoms with Crippen molar-refractivity contribution in [2.75, 3.05) is 41.8 Å². The van der Waals surface area contributed by atoms with Gasteiger partial charge in [0.2, 0.25) is 0 Å². The lowest BCUT2D eigenvalue weighted by Gasteiger charge is -2.28. The minimum atomic E-state index is -0.596. The minimum absolute atomic E-state index is 0.0955. The zero-order valence-corrected chi connectivity index (χ0v) is 22.0. The number of rotatable bonds is 7. The van der Waals surface area contributed by atoms with E-state index in [0.29, 0.717) is 29.5 Å². The number of carbonyl (C=O) groups is 3. The third-order valence-corrected chi connectivity index (χ3v) is 5.33. The van der Waals surface area contributed by atoms with E-state index in [1.807, 2.05) is 18.2 Å². The summed E-state index contributed by atoms with van der Waals surface area (Å²) in [6, 6.07) is 18.7. The number of aromatic nitrogens is 1. The van der Waals surface area contributed by atoms with Gasteiger partial charge in [0.1, 0.15) is 30.3 Å². The molecule has 0 saturated carbocycles. The van der Waals surface area contributed by atoms with Crippen molar-refractivity contribution in [3.05, 3.63) is 72.4 Å². The van der Waals surface area contributed by atoms with Crippen LogP contribution in [0, 0.1) is 0 Å². The monoisotopic (exact) mass is 533 g/mol. The third-order valence-electron chi connectivity index (χ3n) is 5.33. The van der Waals surface area contributed by atoms with Crippen LogP contribution in [-0.2, 0) is 4.74 Å². The second kappa shape index (κ2) is 12.2. The van der Waals surface area contributed by atoms with Crippen molar-refractivity contribution < 1.29 is 28.6 Å². The average molecular weight is 534 g/mol. The Hall–Kier alpha value is -4.80. The molecule has 2 aromatic carbocycles. The molecule has 0 saturated heterocycles. The van der Waals surface area contributed by atoms with Crippen LogP contribution in [0.3, 0.4) is 0 Å². The fraction of sp³-hybridized carbons (Fsp3) is 0.286. The van der Waals surface area contributed by atoms with Crippen LogP contribution in [0.5, 0.6) is 11.5 Å². The number of benzene rings is 2. The Balaban J connectivity index is 1.40. The first kappa shape index (κ1) is 27.2. The van der Waals surface area contributed by atoms with E-state index >= 15 is 0 Å². The summed E-state index contributed by atoms with van der Waals surface area (Å²) in [7, 11) is 0. The fourth-order valence-electron chi connectivity index (χ4n) is 3.64. The predicted octanol–water partition coefficient (Wildman–Crippen LogP) is 4.67. The van der Waals surface area contributed by atoms with Gasteiger partial charge in [0.25, 0.3) is 5.91 Å². The van der Waals surface area contributed by atoms with Gasteiger partial charge >= 0.3 is 12.1 Å². The van der Waals surface area contributed by atoms with Crippen LogP contribution in [0.15, 0.2) is 66.7 Å². The molecule has 0 spiro atoms. The lowest BCUT2D eigenvalue weighted by Crippen LogP contribution is -2.41. The number of ether oxygens (including phenoxy) is 3. The van der Waals surface area contributed by atoms with Crippen LogP contribution in [0.2, 0.25) is 0 Å². The molecule has 3 aromatic rings. The van der Waals surface area contributed by atoms with Gasteiger partial charge < -0.3 is 30.2 Å². The molecule has 0 atom stereocenters. The van der Waals surface area contributed by atoms with E-state index in [4.69, 9.17) is 14.2 Å². The molecule has 0 unspecified atom stereocenters. The number of para-hydroxylation sites is 3. The van der Waals surface area contributed by atoms with Crippen molar-refractivity contribution in [3.8, 4) is 11.5 Å². The Morgan fingerprint density at radius 2 is 1.72 bits per heavy atom. The van der Waals surface area contributed by atoms with Gasteiger partial charge in [0.05, 0.1) is 18.8 Å². The zero-order valence-electron chi connectivity index (χ0n) is 22.0. The topological polar surface area (TPSA) is 131 Å². The molecule has 2 heterocycles. The Kier molecular flexibility index (Phi) is 8.50. The van der Waals surface area contributed by atoms with Gasteiger partial charge in [-0.05, 0) is 57.2 Å². The number of fused-ring (bicyclic) bond motifs is 1. The fourth-order valence-corrected chi connectivity index (χ4v) is 3.64. The van der Waals surface area contributed by atoms with Crippen LogP contribution in [0.1, 0.15) is 31.3 Å². The molecular formula is C28H31N5O6. The largest absolute Gasteiger partial charge is 0.490 e. The Morgan fingerprint density at radius 3 is 2.49 bits per heavy atom. The highest BCUT2D eigenvalue weighted by atomic mass is 16.6. The van der Waals surface area contributed by atoms with Gasteiger partial charge in [-0.1, -0.05) is 30.3 Å². The molecule has 0 radical (unpaired) electrons. The molecule has 4 rings (SSSR count). The molecule has 0 fully saturated rings. The number of urea groups is 1. The lowest BCUT2D eigenvalue weighted by molar-refractivity contribution is 0.0520. The van der Waals surface area contributed by atoms with Gasteiger partial charge in [-0.25, -0.2) is 14.6 Å². The van der Waals surface area contributed by atoms with E-state index in [1.54, 1.807) is 63.2 Å². The zero-order chi connectivity index (χ0) is 27.8. The molecule has 1 aromatic heterocycles. The molecule has 39 heavy (non-hydrogen) atoms. The predicted molar refractivity (Wildman–Crippen MR) is 147 cm³/mol. The molecule has 1 aliphatic heterocycles. The summed E-state index contributed by atoms with van der Waals surface area (Å²) in [4.78, 5) is 43.7. The van der Waals surface area contributed by atoms with Crippen molar-refractivity contribution in [2.24, 2.45) is 0 Å². The number of alkyl carbamates (subject to hydrolysis) is 1. The molecule has 0 aliphatic carbocycles. The summed E-state index contributed by atoms with van der Waals surface area (Å²) in [5.74, 6) is 0.582. The van der Waals surface area contributed by atoms with Crippen LogP contribution < -0.4 is 30.3 Å². The normalized spacial score (nSPS) is 12.4. The number of amides is 4. The molecule has 204 valence electrons. The highest BCUT2D eigenvalue weighted by Gasteiger charge is 2.27. The summed E-state index contributed by atoms with van der Waals surface area (Å²) >= 11 is 0. The van der Waals surface area contributed by atoms with Crippen molar-refractivity contribution >= 4 is 35.2 Å². The summed E-state index contributed by atoms with van der Waals surface area (Å²) in [5.41, 5.74) is 0.566. The number of carbonyl (C=O) groups excluding carboxylic acids is 3. The van der Waals surface area contributed by atoms with Gasteiger partial charge in [-0.2, -0.15) is 0 Å². The third kappa shape index (κ3) is 7.60. The molecular weight excluding hydrogens is 502 g/mol. The molecule has 11 heteroatoms. The van der Waals surface area contributed by atoms with E-state index in [9.17, 15) is 14.4 Å². The Labute approximate surface area is 226 Å². The molecule has 0 bridgehead atoms. The first-order chi connectivity index (χ1) is 18.7. The van der Waals surface area contributed by atoms with Crippen molar-refractivity contribution in [2.45, 2.75) is 26.4 Å². The maximum atomic E-state index is 13.1. The first-order valence-corrected chi connectivity index (χ1v) is 12.5. The van der Waals surface area contributed by atoms with Gasteiger partial charge in [0, 0.05) is 5.69 Å². The smallest absolute Gasteiger partial charge is 0.407 e. The van der Waals surface area contributed by atoms with Crippen LogP contribution in [-0.4, -0.2) is 54.9 Å². The van der Waals surface area contributed by atoms with E-state index in [-0.39, 0.29) is 37.2 Å². The molecule has 4 amide bonds. The average Bonchev–Trinajstić information content (AvgIpc) is 2.91. The van der Waals surface area contributed by atoms with Crippen molar-refractivity contribution in [1.29, 1.82) is 0 Å². The number of nitrogens with one attached hydrogen (secondary N) is 3. The van der Waals surface area contributed by atoms with E-state index in [0.717, 1.165) is 0 Å².